The van der Waals surface area contributed by atoms with Crippen molar-refractivity contribution in [1.29, 1.82) is 0 Å². The lowest BCUT2D eigenvalue weighted by Gasteiger charge is -2.32. The third kappa shape index (κ3) is 4.06. The van der Waals surface area contributed by atoms with Crippen molar-refractivity contribution in [2.24, 2.45) is 9.98 Å². The SMILES string of the molecule is CC1(C)OB(C2=NCC=C2)OC1(C)C.CC1(C)OB(C2=NCC=C2)OC1(C)C. The molecule has 4 aliphatic heterocycles. The molecule has 0 N–H and O–H groups in total. The lowest BCUT2D eigenvalue weighted by Crippen LogP contribution is -2.41. The second-order valence-corrected chi connectivity index (χ2v) is 9.51. The third-order valence-electron chi connectivity index (χ3n) is 6.33. The van der Waals surface area contributed by atoms with Crippen LogP contribution < -0.4 is 0 Å². The first-order valence-electron chi connectivity index (χ1n) is 9.98. The summed E-state index contributed by atoms with van der Waals surface area (Å²) in [7, 11) is -0.586. The zero-order valence-corrected chi connectivity index (χ0v) is 18.4. The average molecular weight is 386 g/mol. The molecular weight excluding hydrogens is 354 g/mol. The first-order valence-corrected chi connectivity index (χ1v) is 9.98. The monoisotopic (exact) mass is 386 g/mol. The van der Waals surface area contributed by atoms with Gasteiger partial charge < -0.3 is 18.6 Å². The Kier molecular flexibility index (Phi) is 5.56. The van der Waals surface area contributed by atoms with Gasteiger partial charge in [-0.3, -0.25) is 9.98 Å². The van der Waals surface area contributed by atoms with E-state index in [4.69, 9.17) is 18.6 Å². The summed E-state index contributed by atoms with van der Waals surface area (Å²) >= 11 is 0. The van der Waals surface area contributed by atoms with Crippen LogP contribution in [0.15, 0.2) is 34.3 Å². The van der Waals surface area contributed by atoms with Gasteiger partial charge in [-0.05, 0) is 67.5 Å². The van der Waals surface area contributed by atoms with Crippen LogP contribution in [0.4, 0.5) is 0 Å². The lowest BCUT2D eigenvalue weighted by atomic mass is 9.82. The average Bonchev–Trinajstić information content (AvgIpc) is 3.31. The van der Waals surface area contributed by atoms with Crippen LogP contribution in [0.5, 0.6) is 0 Å². The van der Waals surface area contributed by atoms with Gasteiger partial charge in [-0.2, -0.15) is 0 Å². The van der Waals surface area contributed by atoms with Crippen LogP contribution in [0.2, 0.25) is 0 Å². The lowest BCUT2D eigenvalue weighted by molar-refractivity contribution is 0.00578. The van der Waals surface area contributed by atoms with Crippen molar-refractivity contribution in [2.45, 2.75) is 77.8 Å². The summed E-state index contributed by atoms with van der Waals surface area (Å²) < 4.78 is 23.4. The molecule has 0 aromatic heterocycles. The predicted octanol–water partition coefficient (Wildman–Crippen LogP) is 3.26. The fraction of sp³-hybridized carbons (Fsp3) is 0.700. The van der Waals surface area contributed by atoms with Crippen LogP contribution >= 0.6 is 0 Å². The number of hydrogen-bond donors (Lipinski definition) is 0. The Balaban J connectivity index is 0.000000161. The van der Waals surface area contributed by atoms with Crippen LogP contribution in [0, 0.1) is 0 Å². The smallest absolute Gasteiger partial charge is 0.398 e. The minimum absolute atomic E-state index is 0.267. The molecule has 6 nitrogen and oxygen atoms in total. The molecule has 0 radical (unpaired) electrons. The molecule has 4 rings (SSSR count). The van der Waals surface area contributed by atoms with E-state index >= 15 is 0 Å². The van der Waals surface area contributed by atoms with Crippen LogP contribution in [0.1, 0.15) is 55.4 Å². The second-order valence-electron chi connectivity index (χ2n) is 9.51. The molecule has 0 aliphatic carbocycles. The first-order chi connectivity index (χ1) is 12.8. The van der Waals surface area contributed by atoms with Crippen molar-refractivity contribution in [3.8, 4) is 0 Å². The van der Waals surface area contributed by atoms with Crippen molar-refractivity contribution < 1.29 is 18.6 Å². The highest BCUT2D eigenvalue weighted by Gasteiger charge is 2.53. The molecule has 0 atom stereocenters. The molecule has 2 fully saturated rings. The fourth-order valence-corrected chi connectivity index (χ4v) is 3.00. The van der Waals surface area contributed by atoms with Gasteiger partial charge in [0.2, 0.25) is 0 Å². The molecule has 152 valence electrons. The van der Waals surface area contributed by atoms with Crippen molar-refractivity contribution >= 4 is 25.5 Å². The Morgan fingerprint density at radius 2 is 0.893 bits per heavy atom. The van der Waals surface area contributed by atoms with Crippen molar-refractivity contribution in [1.82, 2.24) is 0 Å². The van der Waals surface area contributed by atoms with Gasteiger partial charge in [0, 0.05) is 0 Å². The maximum atomic E-state index is 5.84. The van der Waals surface area contributed by atoms with Crippen molar-refractivity contribution in [3.05, 3.63) is 24.3 Å². The standard InChI is InChI=1S/2C10H16BNO2/c2*1-9(2)10(3,4)14-11(13-9)8-6-5-7-12-8/h2*5-6H,7H2,1-4H3. The molecule has 0 spiro atoms. The normalized spacial score (nSPS) is 28.3. The van der Waals surface area contributed by atoms with Gasteiger partial charge in [0.15, 0.2) is 0 Å². The minimum atomic E-state index is -0.293. The van der Waals surface area contributed by atoms with Crippen LogP contribution in [0.25, 0.3) is 0 Å². The number of nitrogens with zero attached hydrogens (tertiary/aromatic N) is 2. The molecule has 0 aromatic rings. The van der Waals surface area contributed by atoms with E-state index in [1.807, 2.05) is 79.7 Å². The Labute approximate surface area is 169 Å². The second kappa shape index (κ2) is 7.24. The molecule has 0 aromatic carbocycles. The first kappa shape index (κ1) is 21.5. The summed E-state index contributed by atoms with van der Waals surface area (Å²) in [5.74, 6) is 0. The fourth-order valence-electron chi connectivity index (χ4n) is 3.00. The zero-order valence-electron chi connectivity index (χ0n) is 18.4. The Bertz CT molecular complexity index is 644. The Morgan fingerprint density at radius 1 is 0.607 bits per heavy atom. The minimum Gasteiger partial charge on any atom is -0.398 e. The topological polar surface area (TPSA) is 61.6 Å². The highest BCUT2D eigenvalue weighted by molar-refractivity contribution is 6.85. The van der Waals surface area contributed by atoms with Gasteiger partial charge in [0.25, 0.3) is 0 Å². The highest BCUT2D eigenvalue weighted by atomic mass is 16.7. The molecule has 0 saturated carbocycles. The zero-order chi connectivity index (χ0) is 20.8. The van der Waals surface area contributed by atoms with Gasteiger partial charge in [0.05, 0.1) is 46.7 Å². The molecule has 8 heteroatoms. The molecule has 0 unspecified atom stereocenters. The third-order valence-corrected chi connectivity index (χ3v) is 6.33. The van der Waals surface area contributed by atoms with Crippen LogP contribution in [0.3, 0.4) is 0 Å². The summed E-state index contributed by atoms with van der Waals surface area (Å²) in [4.78, 5) is 8.61. The Hall–Kier alpha value is -1.21. The molecule has 28 heavy (non-hydrogen) atoms. The predicted molar refractivity (Wildman–Crippen MR) is 115 cm³/mol. The van der Waals surface area contributed by atoms with Crippen LogP contribution in [-0.2, 0) is 18.6 Å². The van der Waals surface area contributed by atoms with E-state index < -0.39 is 0 Å². The molecular formula is C20H32B2N2O4. The van der Waals surface area contributed by atoms with Crippen LogP contribution in [-0.4, -0.2) is 61.0 Å². The van der Waals surface area contributed by atoms with E-state index in [-0.39, 0.29) is 36.6 Å². The van der Waals surface area contributed by atoms with Gasteiger partial charge in [-0.15, -0.1) is 0 Å². The highest BCUT2D eigenvalue weighted by Crippen LogP contribution is 2.38. The number of rotatable bonds is 2. The van der Waals surface area contributed by atoms with E-state index in [0.717, 1.165) is 24.3 Å². The van der Waals surface area contributed by atoms with Gasteiger partial charge in [-0.25, -0.2) is 0 Å². The molecule has 2 saturated heterocycles. The van der Waals surface area contributed by atoms with Gasteiger partial charge in [0.1, 0.15) is 0 Å². The van der Waals surface area contributed by atoms with Gasteiger partial charge in [-0.1, -0.05) is 12.2 Å². The molecule has 0 amide bonds. The van der Waals surface area contributed by atoms with Gasteiger partial charge >= 0.3 is 14.2 Å². The Morgan fingerprint density at radius 3 is 1.11 bits per heavy atom. The summed E-state index contributed by atoms with van der Waals surface area (Å²) in [5.41, 5.74) is 0.743. The van der Waals surface area contributed by atoms with E-state index in [1.54, 1.807) is 0 Å². The van der Waals surface area contributed by atoms with E-state index in [0.29, 0.717) is 0 Å². The number of allylic oxidation sites excluding steroid dienone is 2. The van der Waals surface area contributed by atoms with E-state index in [2.05, 4.69) is 9.98 Å². The van der Waals surface area contributed by atoms with Crippen molar-refractivity contribution in [3.63, 3.8) is 0 Å². The number of aliphatic imine (C=N–C) groups is 2. The van der Waals surface area contributed by atoms with Crippen molar-refractivity contribution in [2.75, 3.05) is 13.1 Å². The van der Waals surface area contributed by atoms with E-state index in [1.165, 1.54) is 0 Å². The maximum absolute atomic E-state index is 5.84. The summed E-state index contributed by atoms with van der Waals surface area (Å²) in [6.07, 6.45) is 7.98. The number of hydrogen-bond acceptors (Lipinski definition) is 6. The van der Waals surface area contributed by atoms with E-state index in [9.17, 15) is 0 Å². The summed E-state index contributed by atoms with van der Waals surface area (Å²) in [5, 5.41) is 0. The summed E-state index contributed by atoms with van der Waals surface area (Å²) in [6, 6.07) is 0. The maximum Gasteiger partial charge on any atom is 0.514 e. The quantitative estimate of drug-likeness (QED) is 0.684. The molecule has 4 aliphatic rings. The summed E-state index contributed by atoms with van der Waals surface area (Å²) in [6.45, 7) is 17.9. The molecule has 4 heterocycles. The largest absolute Gasteiger partial charge is 0.514 e. The molecule has 0 bridgehead atoms.